The molecular formula is C34H48N2O3. The third kappa shape index (κ3) is 3.06. The fourth-order valence-electron chi connectivity index (χ4n) is 11.9. The van der Waals surface area contributed by atoms with Crippen LogP contribution < -0.4 is 0 Å². The lowest BCUT2D eigenvalue weighted by Crippen LogP contribution is -2.70. The molecule has 1 aliphatic heterocycles. The van der Waals surface area contributed by atoms with Gasteiger partial charge in [-0.2, -0.15) is 0 Å². The van der Waals surface area contributed by atoms with Crippen LogP contribution in [0.5, 0.6) is 0 Å². The number of carbonyl (C=O) groups is 2. The first-order valence-corrected chi connectivity index (χ1v) is 15.7. The second-order valence-electron chi connectivity index (χ2n) is 16.5. The molecule has 0 radical (unpaired) electrons. The molecule has 0 unspecified atom stereocenters. The van der Waals surface area contributed by atoms with E-state index in [0.717, 1.165) is 70.1 Å². The molecule has 7 rings (SSSR count). The minimum atomic E-state index is -0.143. The molecule has 5 heteroatoms. The highest BCUT2D eigenvalue weighted by Crippen LogP contribution is 2.74. The SMILES string of the molecule is CC1(C)CC[C@]2(N3CCCC3=O)CC[C@]3(C)[C@H](C(=O)C=C4[C@@]5(C)Cc6cnoc6C(C)(C)[C@@H]5CC[C@]43C)[C@@H]2C1. The number of carbonyl (C=O) groups excluding carboxylic acids is 2. The quantitative estimate of drug-likeness (QED) is 0.389. The molecule has 0 aromatic carbocycles. The predicted octanol–water partition coefficient (Wildman–Crippen LogP) is 7.04. The monoisotopic (exact) mass is 532 g/mol. The average molecular weight is 533 g/mol. The van der Waals surface area contributed by atoms with Crippen molar-refractivity contribution in [3.63, 3.8) is 0 Å². The van der Waals surface area contributed by atoms with Gasteiger partial charge in [0, 0.05) is 35.4 Å². The number of likely N-dealkylation sites (tertiary alicyclic amines) is 1. The molecule has 0 bridgehead atoms. The van der Waals surface area contributed by atoms with Crippen molar-refractivity contribution in [3.8, 4) is 0 Å². The molecule has 212 valence electrons. The molecule has 3 saturated carbocycles. The van der Waals surface area contributed by atoms with Crippen LogP contribution in [0.4, 0.5) is 0 Å². The Morgan fingerprint density at radius 1 is 0.974 bits per heavy atom. The molecule has 1 amide bonds. The molecule has 1 saturated heterocycles. The third-order valence-corrected chi connectivity index (χ3v) is 13.9. The van der Waals surface area contributed by atoms with Gasteiger partial charge in [-0.05, 0) is 97.4 Å². The Labute approximate surface area is 234 Å². The number of ketones is 1. The number of hydrogen-bond donors (Lipinski definition) is 0. The number of amides is 1. The van der Waals surface area contributed by atoms with Crippen LogP contribution in [0.2, 0.25) is 0 Å². The molecule has 0 spiro atoms. The summed E-state index contributed by atoms with van der Waals surface area (Å²) in [7, 11) is 0. The largest absolute Gasteiger partial charge is 0.361 e. The molecular weight excluding hydrogens is 484 g/mol. The number of allylic oxidation sites excluding steroid dienone is 2. The van der Waals surface area contributed by atoms with Crippen molar-refractivity contribution in [1.29, 1.82) is 0 Å². The van der Waals surface area contributed by atoms with Gasteiger partial charge in [-0.15, -0.1) is 0 Å². The number of rotatable bonds is 1. The summed E-state index contributed by atoms with van der Waals surface area (Å²) in [5.74, 6) is 2.35. The number of nitrogens with zero attached hydrogens (tertiary/aromatic N) is 2. The first kappa shape index (κ1) is 26.0. The number of fused-ring (bicyclic) bond motifs is 8. The van der Waals surface area contributed by atoms with Gasteiger partial charge in [-0.25, -0.2) is 0 Å². The van der Waals surface area contributed by atoms with Gasteiger partial charge in [0.25, 0.3) is 0 Å². The highest BCUT2D eigenvalue weighted by Gasteiger charge is 2.71. The van der Waals surface area contributed by atoms with Gasteiger partial charge in [0.15, 0.2) is 5.78 Å². The van der Waals surface area contributed by atoms with Crippen molar-refractivity contribution in [3.05, 3.63) is 29.2 Å². The summed E-state index contributed by atoms with van der Waals surface area (Å²) in [4.78, 5) is 30.2. The molecule has 1 aromatic rings. The van der Waals surface area contributed by atoms with Crippen molar-refractivity contribution in [2.75, 3.05) is 6.54 Å². The number of hydrogen-bond acceptors (Lipinski definition) is 4. The maximum Gasteiger partial charge on any atom is 0.223 e. The van der Waals surface area contributed by atoms with Gasteiger partial charge >= 0.3 is 0 Å². The Morgan fingerprint density at radius 2 is 1.72 bits per heavy atom. The lowest BCUT2D eigenvalue weighted by atomic mass is 9.34. The van der Waals surface area contributed by atoms with Gasteiger partial charge in [0.1, 0.15) is 5.76 Å². The summed E-state index contributed by atoms with van der Waals surface area (Å²) in [5, 5.41) is 4.22. The van der Waals surface area contributed by atoms with Crippen molar-refractivity contribution in [2.45, 2.75) is 124 Å². The fourth-order valence-corrected chi connectivity index (χ4v) is 11.9. The van der Waals surface area contributed by atoms with Crippen LogP contribution in [-0.4, -0.2) is 33.8 Å². The molecule has 2 heterocycles. The number of aromatic nitrogens is 1. The summed E-state index contributed by atoms with van der Waals surface area (Å²) >= 11 is 0. The van der Waals surface area contributed by atoms with Crippen LogP contribution in [0.25, 0.3) is 0 Å². The van der Waals surface area contributed by atoms with Gasteiger partial charge in [0.2, 0.25) is 5.91 Å². The summed E-state index contributed by atoms with van der Waals surface area (Å²) in [6.45, 7) is 17.7. The van der Waals surface area contributed by atoms with E-state index < -0.39 is 0 Å². The molecule has 6 aliphatic rings. The van der Waals surface area contributed by atoms with Gasteiger partial charge in [-0.3, -0.25) is 9.59 Å². The highest BCUT2D eigenvalue weighted by molar-refractivity contribution is 5.95. The summed E-state index contributed by atoms with van der Waals surface area (Å²) in [6.07, 6.45) is 14.2. The molecule has 1 aromatic heterocycles. The first-order valence-electron chi connectivity index (χ1n) is 15.7. The van der Waals surface area contributed by atoms with E-state index in [1.54, 1.807) is 0 Å². The Balaban J connectivity index is 1.37. The van der Waals surface area contributed by atoms with Crippen LogP contribution >= 0.6 is 0 Å². The molecule has 4 fully saturated rings. The minimum Gasteiger partial charge on any atom is -0.361 e. The van der Waals surface area contributed by atoms with Crippen LogP contribution in [-0.2, 0) is 21.4 Å². The molecule has 7 atom stereocenters. The van der Waals surface area contributed by atoms with Crippen LogP contribution in [0.3, 0.4) is 0 Å². The van der Waals surface area contributed by atoms with Crippen LogP contribution in [0, 0.1) is 39.4 Å². The smallest absolute Gasteiger partial charge is 0.223 e. The van der Waals surface area contributed by atoms with E-state index in [1.165, 1.54) is 11.1 Å². The van der Waals surface area contributed by atoms with Crippen molar-refractivity contribution in [2.24, 2.45) is 39.4 Å². The average Bonchev–Trinajstić information content (AvgIpc) is 3.50. The Bertz CT molecular complexity index is 1290. The second-order valence-corrected chi connectivity index (χ2v) is 16.5. The molecule has 5 aliphatic carbocycles. The Kier molecular flexibility index (Phi) is 5.12. The fraction of sp³-hybridized carbons (Fsp3) is 0.794. The van der Waals surface area contributed by atoms with Gasteiger partial charge in [-0.1, -0.05) is 59.2 Å². The zero-order chi connectivity index (χ0) is 27.8. The van der Waals surface area contributed by atoms with Crippen molar-refractivity contribution >= 4 is 11.7 Å². The van der Waals surface area contributed by atoms with E-state index in [9.17, 15) is 9.59 Å². The lowest BCUT2D eigenvalue weighted by molar-refractivity contribution is -0.181. The van der Waals surface area contributed by atoms with Crippen LogP contribution in [0.1, 0.15) is 118 Å². The summed E-state index contributed by atoms with van der Waals surface area (Å²) in [6, 6.07) is 0. The Morgan fingerprint density at radius 3 is 2.44 bits per heavy atom. The summed E-state index contributed by atoms with van der Waals surface area (Å²) < 4.78 is 5.83. The van der Waals surface area contributed by atoms with E-state index in [0.29, 0.717) is 24.0 Å². The van der Waals surface area contributed by atoms with Crippen LogP contribution in [0.15, 0.2) is 22.4 Å². The minimum absolute atomic E-state index is 0.0177. The zero-order valence-corrected chi connectivity index (χ0v) is 25.3. The van der Waals surface area contributed by atoms with Gasteiger partial charge < -0.3 is 9.42 Å². The van der Waals surface area contributed by atoms with E-state index in [1.807, 2.05) is 6.20 Å². The molecule has 0 N–H and O–H groups in total. The van der Waals surface area contributed by atoms with Crippen molar-refractivity contribution in [1.82, 2.24) is 10.1 Å². The van der Waals surface area contributed by atoms with E-state index in [2.05, 4.69) is 64.6 Å². The molecule has 5 nitrogen and oxygen atoms in total. The zero-order valence-electron chi connectivity index (χ0n) is 25.3. The Hall–Kier alpha value is -1.91. The highest BCUT2D eigenvalue weighted by atomic mass is 16.5. The predicted molar refractivity (Wildman–Crippen MR) is 151 cm³/mol. The van der Waals surface area contributed by atoms with Crippen molar-refractivity contribution < 1.29 is 14.1 Å². The maximum absolute atomic E-state index is 14.7. The van der Waals surface area contributed by atoms with Gasteiger partial charge in [0.05, 0.1) is 6.20 Å². The maximum atomic E-state index is 14.7. The topological polar surface area (TPSA) is 63.4 Å². The lowest BCUT2D eigenvalue weighted by Gasteiger charge is -2.70. The van der Waals surface area contributed by atoms with E-state index in [-0.39, 0.29) is 44.4 Å². The van der Waals surface area contributed by atoms with E-state index >= 15 is 0 Å². The first-order chi connectivity index (χ1) is 18.2. The van der Waals surface area contributed by atoms with E-state index in [4.69, 9.17) is 4.52 Å². The second kappa shape index (κ2) is 7.68. The molecule has 39 heavy (non-hydrogen) atoms. The standard InChI is InChI=1S/C34H48N2O3/c1-29(2)12-14-34(36-16-8-9-26(36)38)15-13-33(7)27(22(34)19-29)23(37)17-25-31(5)18-21-20-35-39-28(21)30(3,4)24(31)10-11-32(25,33)6/h17,20,22,24,27H,8-16,18-19H2,1-7H3/t22-,24-,27-,31-,32+,33+,34-/m0/s1. The third-order valence-electron chi connectivity index (χ3n) is 13.9. The normalized spacial score (nSPS) is 46.0. The summed E-state index contributed by atoms with van der Waals surface area (Å²) in [5.41, 5.74) is 2.31.